The van der Waals surface area contributed by atoms with Crippen molar-refractivity contribution in [2.24, 2.45) is 16.5 Å². The Balaban J connectivity index is 2.19. The quantitative estimate of drug-likeness (QED) is 0.592. The lowest BCUT2D eigenvalue weighted by molar-refractivity contribution is 0.181. The summed E-state index contributed by atoms with van der Waals surface area (Å²) in [4.78, 5) is 17.2. The van der Waals surface area contributed by atoms with Gasteiger partial charge in [-0.2, -0.15) is 4.99 Å². The number of guanidine groups is 1. The summed E-state index contributed by atoms with van der Waals surface area (Å²) in [6, 6.07) is 5.21. The van der Waals surface area contributed by atoms with E-state index >= 15 is 0 Å². The van der Waals surface area contributed by atoms with Gasteiger partial charge in [0.1, 0.15) is 17.5 Å². The van der Waals surface area contributed by atoms with E-state index in [1.165, 1.54) is 23.1 Å². The Morgan fingerprint density at radius 1 is 1.07 bits per heavy atom. The number of carbonyl (C=O) groups is 1. The fourth-order valence-electron chi connectivity index (χ4n) is 3.59. The molecular formula is C19H19F3N4O. The summed E-state index contributed by atoms with van der Waals surface area (Å²) in [5.41, 5.74) is 11.1. The van der Waals surface area contributed by atoms with Crippen molar-refractivity contribution >= 4 is 12.0 Å². The van der Waals surface area contributed by atoms with E-state index in [2.05, 4.69) is 4.99 Å². The van der Waals surface area contributed by atoms with Crippen molar-refractivity contribution in [2.45, 2.75) is 25.8 Å². The van der Waals surface area contributed by atoms with Crippen molar-refractivity contribution in [3.05, 3.63) is 58.9 Å². The van der Waals surface area contributed by atoms with Crippen LogP contribution in [0.15, 0.2) is 35.3 Å². The molecule has 1 heterocycles. The molecule has 4 N–H and O–H groups in total. The third-order valence-electron chi connectivity index (χ3n) is 4.59. The van der Waals surface area contributed by atoms with E-state index in [-0.39, 0.29) is 24.6 Å². The van der Waals surface area contributed by atoms with Crippen LogP contribution in [0.3, 0.4) is 0 Å². The van der Waals surface area contributed by atoms with E-state index in [0.29, 0.717) is 16.7 Å². The summed E-state index contributed by atoms with van der Waals surface area (Å²) in [5, 5.41) is 0. The largest absolute Gasteiger partial charge is 0.370 e. The van der Waals surface area contributed by atoms with Crippen molar-refractivity contribution in [3.8, 4) is 11.1 Å². The summed E-state index contributed by atoms with van der Waals surface area (Å²) >= 11 is 0. The Bertz CT molecular complexity index is 952. The zero-order valence-electron chi connectivity index (χ0n) is 14.9. The van der Waals surface area contributed by atoms with Gasteiger partial charge in [-0.25, -0.2) is 18.0 Å². The van der Waals surface area contributed by atoms with Crippen LogP contribution in [-0.2, 0) is 12.0 Å². The highest BCUT2D eigenvalue weighted by Crippen LogP contribution is 2.41. The fourth-order valence-corrected chi connectivity index (χ4v) is 3.59. The molecule has 0 aromatic heterocycles. The van der Waals surface area contributed by atoms with Gasteiger partial charge in [-0.15, -0.1) is 0 Å². The number of amides is 2. The van der Waals surface area contributed by atoms with Crippen molar-refractivity contribution in [1.29, 1.82) is 0 Å². The molecule has 8 heteroatoms. The number of rotatable bonds is 1. The summed E-state index contributed by atoms with van der Waals surface area (Å²) in [6.45, 7) is 3.73. The first kappa shape index (κ1) is 18.8. The van der Waals surface area contributed by atoms with Gasteiger partial charge in [-0.05, 0) is 29.3 Å². The molecule has 2 amide bonds. The molecule has 0 fully saturated rings. The Kier molecular flexibility index (Phi) is 4.59. The Morgan fingerprint density at radius 3 is 2.37 bits per heavy atom. The number of hydrogen-bond donors (Lipinski definition) is 2. The first-order valence-corrected chi connectivity index (χ1v) is 8.26. The molecule has 0 atom stereocenters. The van der Waals surface area contributed by atoms with E-state index in [9.17, 15) is 18.0 Å². The average molecular weight is 376 g/mol. The highest BCUT2D eigenvalue weighted by molar-refractivity contribution is 5.91. The molecule has 2 aromatic carbocycles. The molecule has 27 heavy (non-hydrogen) atoms. The minimum absolute atomic E-state index is 0.00170. The van der Waals surface area contributed by atoms with Gasteiger partial charge in [0, 0.05) is 35.7 Å². The van der Waals surface area contributed by atoms with Crippen LogP contribution in [0, 0.1) is 17.5 Å². The first-order chi connectivity index (χ1) is 12.6. The molecule has 1 aliphatic rings. The van der Waals surface area contributed by atoms with E-state index in [1.54, 1.807) is 13.8 Å². The summed E-state index contributed by atoms with van der Waals surface area (Å²) in [6.07, 6.45) is 0. The third kappa shape index (κ3) is 3.47. The third-order valence-corrected chi connectivity index (χ3v) is 4.59. The van der Waals surface area contributed by atoms with E-state index in [1.807, 2.05) is 0 Å². The molecule has 0 aliphatic carbocycles. The lowest BCUT2D eigenvalue weighted by Gasteiger charge is -2.40. The maximum absolute atomic E-state index is 14.6. The molecule has 0 saturated carbocycles. The number of aliphatic imine (C=N–C) groups is 1. The summed E-state index contributed by atoms with van der Waals surface area (Å²) in [5.74, 6) is -2.31. The van der Waals surface area contributed by atoms with Gasteiger partial charge in [-0.3, -0.25) is 0 Å². The smallest absolute Gasteiger partial charge is 0.347 e. The monoisotopic (exact) mass is 376 g/mol. The van der Waals surface area contributed by atoms with Crippen LogP contribution < -0.4 is 11.5 Å². The van der Waals surface area contributed by atoms with Crippen LogP contribution in [-0.4, -0.2) is 23.4 Å². The molecule has 0 unspecified atom stereocenters. The SMILES string of the molecule is CC1(C)CN(C(=O)N=C(N)N)Cc2c(-c3ccc(F)cc3F)ccc(F)c21. The van der Waals surface area contributed by atoms with Crippen LogP contribution in [0.2, 0.25) is 0 Å². The van der Waals surface area contributed by atoms with Crippen LogP contribution in [0.25, 0.3) is 11.1 Å². The number of nitrogens with two attached hydrogens (primary N) is 2. The maximum atomic E-state index is 14.6. The lowest BCUT2D eigenvalue weighted by Crippen LogP contribution is -2.45. The number of carbonyl (C=O) groups excluding carboxylic acids is 1. The number of urea groups is 1. The molecule has 3 rings (SSSR count). The van der Waals surface area contributed by atoms with Gasteiger partial charge < -0.3 is 16.4 Å². The van der Waals surface area contributed by atoms with Gasteiger partial charge >= 0.3 is 6.03 Å². The average Bonchev–Trinajstić information content (AvgIpc) is 2.54. The van der Waals surface area contributed by atoms with Crippen LogP contribution in [0.1, 0.15) is 25.0 Å². The highest BCUT2D eigenvalue weighted by Gasteiger charge is 2.38. The Labute approximate surface area is 154 Å². The van der Waals surface area contributed by atoms with Crippen LogP contribution in [0.5, 0.6) is 0 Å². The van der Waals surface area contributed by atoms with Gasteiger partial charge in [-0.1, -0.05) is 19.9 Å². The van der Waals surface area contributed by atoms with E-state index in [4.69, 9.17) is 11.5 Å². The van der Waals surface area contributed by atoms with E-state index < -0.39 is 28.9 Å². The highest BCUT2D eigenvalue weighted by atomic mass is 19.1. The van der Waals surface area contributed by atoms with Gasteiger partial charge in [0.05, 0.1) is 0 Å². The normalized spacial score (nSPS) is 15.2. The second-order valence-corrected chi connectivity index (χ2v) is 7.13. The summed E-state index contributed by atoms with van der Waals surface area (Å²) < 4.78 is 42.3. The first-order valence-electron chi connectivity index (χ1n) is 8.26. The van der Waals surface area contributed by atoms with Crippen molar-refractivity contribution in [3.63, 3.8) is 0 Å². The molecule has 0 saturated heterocycles. The predicted molar refractivity (Wildman–Crippen MR) is 96.4 cm³/mol. The molecule has 0 spiro atoms. The maximum Gasteiger partial charge on any atom is 0.347 e. The standard InChI is InChI=1S/C19H19F3N4O/c1-19(2)9-26(18(27)25-17(23)24)8-13-11(5-6-14(21)16(13)19)12-4-3-10(20)7-15(12)22/h3-7H,8-9H2,1-2H3,(H4,23,24,25,27). The van der Waals surface area contributed by atoms with Crippen molar-refractivity contribution in [1.82, 2.24) is 4.90 Å². The molecule has 0 radical (unpaired) electrons. The van der Waals surface area contributed by atoms with Crippen LogP contribution in [0.4, 0.5) is 18.0 Å². The van der Waals surface area contributed by atoms with E-state index in [0.717, 1.165) is 12.1 Å². The fraction of sp³-hybridized carbons (Fsp3) is 0.263. The second kappa shape index (κ2) is 6.61. The van der Waals surface area contributed by atoms with Gasteiger partial charge in [0.2, 0.25) is 0 Å². The van der Waals surface area contributed by atoms with Gasteiger partial charge in [0.25, 0.3) is 0 Å². The number of halogens is 3. The Morgan fingerprint density at radius 2 is 1.74 bits per heavy atom. The second-order valence-electron chi connectivity index (χ2n) is 7.13. The molecule has 142 valence electrons. The summed E-state index contributed by atoms with van der Waals surface area (Å²) in [7, 11) is 0. The van der Waals surface area contributed by atoms with Gasteiger partial charge in [0.15, 0.2) is 5.96 Å². The van der Waals surface area contributed by atoms with Crippen molar-refractivity contribution < 1.29 is 18.0 Å². The van der Waals surface area contributed by atoms with Crippen molar-refractivity contribution in [2.75, 3.05) is 6.54 Å². The van der Waals surface area contributed by atoms with Crippen LogP contribution >= 0.6 is 0 Å². The zero-order valence-corrected chi connectivity index (χ0v) is 14.9. The molecule has 5 nitrogen and oxygen atoms in total. The predicted octanol–water partition coefficient (Wildman–Crippen LogP) is 3.26. The number of benzene rings is 2. The minimum Gasteiger partial charge on any atom is -0.370 e. The molecule has 2 aromatic rings. The molecule has 1 aliphatic heterocycles. The topological polar surface area (TPSA) is 84.7 Å². The zero-order chi connectivity index (χ0) is 19.9. The lowest BCUT2D eigenvalue weighted by atomic mass is 9.76. The molecular weight excluding hydrogens is 357 g/mol. The number of hydrogen-bond acceptors (Lipinski definition) is 1. The Hall–Kier alpha value is -3.03. The molecule has 0 bridgehead atoms. The minimum atomic E-state index is -0.769. The number of fused-ring (bicyclic) bond motifs is 1. The number of nitrogens with zero attached hydrogens (tertiary/aromatic N) is 2.